The molecule has 0 unspecified atom stereocenters. The van der Waals surface area contributed by atoms with Crippen molar-refractivity contribution in [3.05, 3.63) is 46.2 Å². The zero-order valence-electron chi connectivity index (χ0n) is 9.37. The Labute approximate surface area is 104 Å². The van der Waals surface area contributed by atoms with Crippen LogP contribution >= 0.6 is 15.9 Å². The van der Waals surface area contributed by atoms with Crippen LogP contribution in [-0.4, -0.2) is 9.78 Å². The third-order valence-corrected chi connectivity index (χ3v) is 3.31. The number of nitrogens with one attached hydrogen (secondary N) is 1. The molecule has 84 valence electrons. The second-order valence-corrected chi connectivity index (χ2v) is 4.69. The highest BCUT2D eigenvalue weighted by molar-refractivity contribution is 9.10. The highest BCUT2D eigenvalue weighted by Gasteiger charge is 1.98. The van der Waals surface area contributed by atoms with Crippen LogP contribution in [0.1, 0.15) is 11.1 Å². The molecule has 0 saturated heterocycles. The van der Waals surface area contributed by atoms with Crippen molar-refractivity contribution in [3.63, 3.8) is 0 Å². The van der Waals surface area contributed by atoms with Gasteiger partial charge in [0, 0.05) is 24.3 Å². The summed E-state index contributed by atoms with van der Waals surface area (Å²) >= 11 is 3.49. The molecule has 0 radical (unpaired) electrons. The first-order valence-electron chi connectivity index (χ1n) is 5.13. The van der Waals surface area contributed by atoms with Crippen LogP contribution in [0.3, 0.4) is 0 Å². The smallest absolute Gasteiger partial charge is 0.0729 e. The summed E-state index contributed by atoms with van der Waals surface area (Å²) in [6.07, 6.45) is 3.79. The van der Waals surface area contributed by atoms with Gasteiger partial charge in [0.15, 0.2) is 0 Å². The van der Waals surface area contributed by atoms with Gasteiger partial charge in [-0.15, -0.1) is 0 Å². The predicted octanol–water partition coefficient (Wildman–Crippen LogP) is 3.10. The number of hydrogen-bond donors (Lipinski definition) is 1. The van der Waals surface area contributed by atoms with E-state index in [2.05, 4.69) is 51.5 Å². The average molecular weight is 280 g/mol. The third kappa shape index (κ3) is 2.64. The lowest BCUT2D eigenvalue weighted by Gasteiger charge is -2.05. The van der Waals surface area contributed by atoms with Crippen molar-refractivity contribution in [1.82, 2.24) is 9.78 Å². The number of aromatic nitrogens is 2. The number of hydrogen-bond acceptors (Lipinski definition) is 2. The van der Waals surface area contributed by atoms with E-state index < -0.39 is 0 Å². The molecular formula is C12H14BrN3. The van der Waals surface area contributed by atoms with Gasteiger partial charge >= 0.3 is 0 Å². The van der Waals surface area contributed by atoms with Crippen molar-refractivity contribution in [3.8, 4) is 0 Å². The summed E-state index contributed by atoms with van der Waals surface area (Å²) in [7, 11) is 1.91. The standard InChI is InChI=1S/C12H14BrN3/c1-9-5-10(3-4-12(9)13)6-14-11-7-15-16(2)8-11/h3-5,7-8,14H,6H2,1-2H3. The molecule has 0 atom stereocenters. The van der Waals surface area contributed by atoms with Gasteiger partial charge in [-0.1, -0.05) is 28.1 Å². The Morgan fingerprint density at radius 2 is 2.25 bits per heavy atom. The minimum absolute atomic E-state index is 0.819. The van der Waals surface area contributed by atoms with Crippen molar-refractivity contribution < 1.29 is 0 Å². The normalized spacial score (nSPS) is 10.4. The van der Waals surface area contributed by atoms with Gasteiger partial charge in [-0.05, 0) is 24.1 Å². The Kier molecular flexibility index (Phi) is 3.29. The summed E-state index contributed by atoms with van der Waals surface area (Å²) in [6, 6.07) is 6.36. The second kappa shape index (κ2) is 4.70. The maximum Gasteiger partial charge on any atom is 0.0729 e. The third-order valence-electron chi connectivity index (χ3n) is 2.42. The van der Waals surface area contributed by atoms with Crippen LogP contribution in [0.5, 0.6) is 0 Å². The molecule has 1 aromatic heterocycles. The van der Waals surface area contributed by atoms with E-state index in [-0.39, 0.29) is 0 Å². The first-order valence-corrected chi connectivity index (χ1v) is 5.92. The van der Waals surface area contributed by atoms with Gasteiger partial charge in [0.2, 0.25) is 0 Å². The Morgan fingerprint density at radius 1 is 1.44 bits per heavy atom. The van der Waals surface area contributed by atoms with Crippen molar-refractivity contribution in [2.75, 3.05) is 5.32 Å². The van der Waals surface area contributed by atoms with Crippen LogP contribution in [0.25, 0.3) is 0 Å². The molecule has 0 saturated carbocycles. The van der Waals surface area contributed by atoms with E-state index in [4.69, 9.17) is 0 Å². The first-order chi connectivity index (χ1) is 7.65. The molecule has 16 heavy (non-hydrogen) atoms. The molecule has 0 fully saturated rings. The quantitative estimate of drug-likeness (QED) is 0.936. The Morgan fingerprint density at radius 3 is 2.88 bits per heavy atom. The molecule has 2 aromatic rings. The SMILES string of the molecule is Cc1cc(CNc2cnn(C)c2)ccc1Br. The summed E-state index contributed by atoms with van der Waals surface area (Å²) in [5, 5.41) is 7.44. The van der Waals surface area contributed by atoms with Crippen LogP contribution in [0.2, 0.25) is 0 Å². The fraction of sp³-hybridized carbons (Fsp3) is 0.250. The van der Waals surface area contributed by atoms with Gasteiger partial charge in [0.1, 0.15) is 0 Å². The summed E-state index contributed by atoms with van der Waals surface area (Å²) in [5.41, 5.74) is 3.57. The molecule has 1 aromatic carbocycles. The maximum atomic E-state index is 4.11. The van der Waals surface area contributed by atoms with Crippen molar-refractivity contribution in [1.29, 1.82) is 0 Å². The Bertz CT molecular complexity index is 491. The first kappa shape index (κ1) is 11.2. The minimum Gasteiger partial charge on any atom is -0.378 e. The molecular weight excluding hydrogens is 266 g/mol. The van der Waals surface area contributed by atoms with Gasteiger partial charge < -0.3 is 5.32 Å². The van der Waals surface area contributed by atoms with E-state index in [1.54, 1.807) is 4.68 Å². The number of aryl methyl sites for hydroxylation is 2. The van der Waals surface area contributed by atoms with Crippen LogP contribution < -0.4 is 5.32 Å². The summed E-state index contributed by atoms with van der Waals surface area (Å²) in [4.78, 5) is 0. The molecule has 1 heterocycles. The lowest BCUT2D eigenvalue weighted by molar-refractivity contribution is 0.768. The zero-order valence-corrected chi connectivity index (χ0v) is 11.0. The number of halogens is 1. The van der Waals surface area contributed by atoms with Crippen molar-refractivity contribution in [2.45, 2.75) is 13.5 Å². The molecule has 0 aliphatic carbocycles. The van der Waals surface area contributed by atoms with Gasteiger partial charge in [-0.2, -0.15) is 5.10 Å². The highest BCUT2D eigenvalue weighted by Crippen LogP contribution is 2.17. The van der Waals surface area contributed by atoms with E-state index in [1.807, 2.05) is 19.4 Å². The number of nitrogens with zero attached hydrogens (tertiary/aromatic N) is 2. The van der Waals surface area contributed by atoms with Crippen LogP contribution in [0.15, 0.2) is 35.1 Å². The summed E-state index contributed by atoms with van der Waals surface area (Å²) in [6.45, 7) is 2.91. The zero-order chi connectivity index (χ0) is 11.5. The highest BCUT2D eigenvalue weighted by atomic mass is 79.9. The van der Waals surface area contributed by atoms with E-state index in [0.717, 1.165) is 16.7 Å². The fourth-order valence-corrected chi connectivity index (χ4v) is 1.78. The van der Waals surface area contributed by atoms with Gasteiger partial charge in [-0.25, -0.2) is 0 Å². The lowest BCUT2D eigenvalue weighted by atomic mass is 10.1. The molecule has 0 aliphatic rings. The van der Waals surface area contributed by atoms with Gasteiger partial charge in [0.25, 0.3) is 0 Å². The summed E-state index contributed by atoms with van der Waals surface area (Å²) < 4.78 is 2.94. The topological polar surface area (TPSA) is 29.9 Å². The second-order valence-electron chi connectivity index (χ2n) is 3.84. The molecule has 0 bridgehead atoms. The van der Waals surface area contributed by atoms with E-state index in [1.165, 1.54) is 11.1 Å². The van der Waals surface area contributed by atoms with Gasteiger partial charge in [0.05, 0.1) is 11.9 Å². The number of anilines is 1. The van der Waals surface area contributed by atoms with E-state index in [9.17, 15) is 0 Å². The molecule has 0 spiro atoms. The van der Waals surface area contributed by atoms with Crippen LogP contribution in [0.4, 0.5) is 5.69 Å². The Hall–Kier alpha value is -1.29. The van der Waals surface area contributed by atoms with Crippen molar-refractivity contribution >= 4 is 21.6 Å². The van der Waals surface area contributed by atoms with Crippen molar-refractivity contribution in [2.24, 2.45) is 7.05 Å². The largest absolute Gasteiger partial charge is 0.378 e. The number of rotatable bonds is 3. The molecule has 0 amide bonds. The molecule has 3 nitrogen and oxygen atoms in total. The molecule has 0 aliphatic heterocycles. The maximum absolute atomic E-state index is 4.11. The molecule has 4 heteroatoms. The predicted molar refractivity (Wildman–Crippen MR) is 69.4 cm³/mol. The number of benzene rings is 1. The molecule has 2 rings (SSSR count). The Balaban J connectivity index is 2.02. The van der Waals surface area contributed by atoms with E-state index in [0.29, 0.717) is 0 Å². The van der Waals surface area contributed by atoms with Crippen LogP contribution in [0, 0.1) is 6.92 Å². The lowest BCUT2D eigenvalue weighted by Crippen LogP contribution is -1.98. The minimum atomic E-state index is 0.819. The average Bonchev–Trinajstić information content (AvgIpc) is 2.66. The fourth-order valence-electron chi connectivity index (χ4n) is 1.53. The van der Waals surface area contributed by atoms with E-state index >= 15 is 0 Å². The monoisotopic (exact) mass is 279 g/mol. The summed E-state index contributed by atoms with van der Waals surface area (Å²) in [5.74, 6) is 0. The molecule has 1 N–H and O–H groups in total. The van der Waals surface area contributed by atoms with Crippen LogP contribution in [-0.2, 0) is 13.6 Å². The van der Waals surface area contributed by atoms with Gasteiger partial charge in [-0.3, -0.25) is 4.68 Å².